The van der Waals surface area contributed by atoms with Crippen molar-refractivity contribution in [2.75, 3.05) is 5.32 Å². The Labute approximate surface area is 101 Å². The Bertz CT molecular complexity index is 499. The number of terminal acetylenes is 1. The molecule has 0 saturated heterocycles. The highest BCUT2D eigenvalue weighted by Crippen LogP contribution is 2.23. The number of pyridine rings is 1. The smallest absolute Gasteiger partial charge is 0.339 e. The summed E-state index contributed by atoms with van der Waals surface area (Å²) in [7, 11) is 0. The predicted molar refractivity (Wildman–Crippen MR) is 67.2 cm³/mol. The van der Waals surface area contributed by atoms with Gasteiger partial charge in [-0.15, -0.1) is 6.42 Å². The van der Waals surface area contributed by atoms with Crippen LogP contribution >= 0.6 is 0 Å². The van der Waals surface area contributed by atoms with Gasteiger partial charge in [-0.25, -0.2) is 4.79 Å². The number of aryl methyl sites for hydroxylation is 2. The second-order valence-corrected chi connectivity index (χ2v) is 4.47. The molecule has 1 aromatic rings. The van der Waals surface area contributed by atoms with Gasteiger partial charge in [0.15, 0.2) is 0 Å². The molecule has 1 aromatic heterocycles. The molecule has 90 valence electrons. The van der Waals surface area contributed by atoms with E-state index in [4.69, 9.17) is 6.42 Å². The zero-order valence-electron chi connectivity index (χ0n) is 10.5. The molecule has 4 nitrogen and oxygen atoms in total. The van der Waals surface area contributed by atoms with Crippen molar-refractivity contribution in [3.63, 3.8) is 0 Å². The van der Waals surface area contributed by atoms with Crippen molar-refractivity contribution in [3.05, 3.63) is 23.0 Å². The maximum atomic E-state index is 11.2. The number of carboxylic acids is 1. The Morgan fingerprint density at radius 1 is 1.53 bits per heavy atom. The molecule has 0 unspecified atom stereocenters. The topological polar surface area (TPSA) is 62.2 Å². The van der Waals surface area contributed by atoms with Crippen LogP contribution in [0.15, 0.2) is 6.07 Å². The monoisotopic (exact) mass is 232 g/mol. The zero-order valence-corrected chi connectivity index (χ0v) is 10.5. The Balaban J connectivity index is 3.32. The van der Waals surface area contributed by atoms with Gasteiger partial charge in [-0.05, 0) is 33.8 Å². The summed E-state index contributed by atoms with van der Waals surface area (Å²) in [5, 5.41) is 12.2. The van der Waals surface area contributed by atoms with Gasteiger partial charge in [0.1, 0.15) is 5.56 Å². The van der Waals surface area contributed by atoms with Gasteiger partial charge in [0.25, 0.3) is 0 Å². The van der Waals surface area contributed by atoms with Gasteiger partial charge in [0.05, 0.1) is 16.9 Å². The van der Waals surface area contributed by atoms with Gasteiger partial charge in [0, 0.05) is 5.69 Å². The first-order chi connectivity index (χ1) is 7.76. The van der Waals surface area contributed by atoms with Gasteiger partial charge >= 0.3 is 5.97 Å². The fraction of sp³-hybridized carbons (Fsp3) is 0.385. The fourth-order valence-corrected chi connectivity index (χ4v) is 1.57. The summed E-state index contributed by atoms with van der Waals surface area (Å²) in [4.78, 5) is 15.3. The summed E-state index contributed by atoms with van der Waals surface area (Å²) in [6.45, 7) is 7.10. The van der Waals surface area contributed by atoms with Crippen molar-refractivity contribution in [3.8, 4) is 12.3 Å². The van der Waals surface area contributed by atoms with E-state index in [0.717, 1.165) is 5.69 Å². The van der Waals surface area contributed by atoms with E-state index in [9.17, 15) is 9.90 Å². The van der Waals surface area contributed by atoms with Crippen molar-refractivity contribution in [1.82, 2.24) is 4.98 Å². The highest BCUT2D eigenvalue weighted by molar-refractivity contribution is 5.95. The van der Waals surface area contributed by atoms with Crippen LogP contribution in [0.2, 0.25) is 0 Å². The molecule has 0 saturated carbocycles. The minimum atomic E-state index is -1.01. The molecule has 1 rings (SSSR count). The third-order valence-corrected chi connectivity index (χ3v) is 2.35. The van der Waals surface area contributed by atoms with Crippen LogP contribution in [0.4, 0.5) is 5.69 Å². The van der Waals surface area contributed by atoms with Crippen LogP contribution in [-0.2, 0) is 0 Å². The minimum absolute atomic E-state index is 0.166. The maximum Gasteiger partial charge on any atom is 0.339 e. The minimum Gasteiger partial charge on any atom is -0.478 e. The Morgan fingerprint density at radius 2 is 2.12 bits per heavy atom. The normalized spacial score (nSPS) is 10.8. The Morgan fingerprint density at radius 3 is 2.59 bits per heavy atom. The zero-order chi connectivity index (χ0) is 13.2. The summed E-state index contributed by atoms with van der Waals surface area (Å²) >= 11 is 0. The summed E-state index contributed by atoms with van der Waals surface area (Å²) in [6.07, 6.45) is 5.38. The van der Waals surface area contributed by atoms with Crippen LogP contribution in [0.3, 0.4) is 0 Å². The number of aromatic nitrogens is 1. The second kappa shape index (κ2) is 4.46. The van der Waals surface area contributed by atoms with E-state index in [1.807, 2.05) is 20.8 Å². The molecule has 0 aromatic carbocycles. The van der Waals surface area contributed by atoms with Crippen LogP contribution in [0, 0.1) is 26.2 Å². The summed E-state index contributed by atoms with van der Waals surface area (Å²) in [6, 6.07) is 1.69. The number of nitrogens with one attached hydrogen (secondary N) is 1. The quantitative estimate of drug-likeness (QED) is 0.784. The molecule has 0 bridgehead atoms. The van der Waals surface area contributed by atoms with Gasteiger partial charge in [-0.1, -0.05) is 5.92 Å². The lowest BCUT2D eigenvalue weighted by molar-refractivity contribution is 0.0696. The number of nitrogens with zero attached hydrogens (tertiary/aromatic N) is 1. The summed E-state index contributed by atoms with van der Waals surface area (Å²) < 4.78 is 0. The number of hydrogen-bond donors (Lipinski definition) is 2. The van der Waals surface area contributed by atoms with E-state index in [0.29, 0.717) is 11.4 Å². The number of anilines is 1. The third kappa shape index (κ3) is 2.97. The fourth-order valence-electron chi connectivity index (χ4n) is 1.57. The van der Waals surface area contributed by atoms with Crippen LogP contribution < -0.4 is 5.32 Å². The van der Waals surface area contributed by atoms with Crippen molar-refractivity contribution >= 4 is 11.7 Å². The molecule has 0 spiro atoms. The first kappa shape index (κ1) is 13.0. The summed E-state index contributed by atoms with van der Waals surface area (Å²) in [5.74, 6) is 1.56. The molecule has 0 aliphatic carbocycles. The van der Waals surface area contributed by atoms with Crippen LogP contribution in [-0.4, -0.2) is 21.6 Å². The highest BCUT2D eigenvalue weighted by Gasteiger charge is 2.20. The predicted octanol–water partition coefficient (Wildman–Crippen LogP) is 2.22. The molecule has 17 heavy (non-hydrogen) atoms. The van der Waals surface area contributed by atoms with Gasteiger partial charge in [-0.3, -0.25) is 4.98 Å². The van der Waals surface area contributed by atoms with Gasteiger partial charge in [0.2, 0.25) is 0 Å². The van der Waals surface area contributed by atoms with Crippen LogP contribution in [0.5, 0.6) is 0 Å². The number of carboxylic acid groups (broad SMARTS) is 1. The number of aromatic carboxylic acids is 1. The lowest BCUT2D eigenvalue weighted by Gasteiger charge is -2.23. The second-order valence-electron chi connectivity index (χ2n) is 4.47. The molecule has 0 aliphatic rings. The van der Waals surface area contributed by atoms with E-state index in [1.165, 1.54) is 0 Å². The largest absolute Gasteiger partial charge is 0.478 e. The molecule has 0 aliphatic heterocycles. The van der Waals surface area contributed by atoms with E-state index in [-0.39, 0.29) is 5.56 Å². The Kier molecular flexibility index (Phi) is 3.42. The first-order valence-electron chi connectivity index (χ1n) is 5.24. The molecule has 0 radical (unpaired) electrons. The molecular formula is C13H16N2O2. The van der Waals surface area contributed by atoms with Gasteiger partial charge in [-0.2, -0.15) is 0 Å². The number of hydrogen-bond acceptors (Lipinski definition) is 3. The average molecular weight is 232 g/mol. The number of carbonyl (C=O) groups is 1. The Hall–Kier alpha value is -2.02. The average Bonchev–Trinajstić information content (AvgIpc) is 2.14. The molecule has 4 heteroatoms. The highest BCUT2D eigenvalue weighted by atomic mass is 16.4. The van der Waals surface area contributed by atoms with E-state index in [2.05, 4.69) is 16.2 Å². The maximum absolute atomic E-state index is 11.2. The standard InChI is InChI=1S/C13H16N2O2/c1-6-13(4,5)15-10-7-8(2)14-9(3)11(10)12(16)17/h1,7H,2-5H3,(H,14,15)(H,16,17). The van der Waals surface area contributed by atoms with E-state index < -0.39 is 11.5 Å². The molecule has 0 atom stereocenters. The summed E-state index contributed by atoms with van der Waals surface area (Å²) in [5.41, 5.74) is 1.30. The first-order valence-corrected chi connectivity index (χ1v) is 5.24. The van der Waals surface area contributed by atoms with E-state index in [1.54, 1.807) is 13.0 Å². The molecular weight excluding hydrogens is 216 g/mol. The lowest BCUT2D eigenvalue weighted by atomic mass is 10.0. The molecule has 2 N–H and O–H groups in total. The van der Waals surface area contributed by atoms with Crippen molar-refractivity contribution in [2.24, 2.45) is 0 Å². The van der Waals surface area contributed by atoms with Crippen molar-refractivity contribution < 1.29 is 9.90 Å². The van der Waals surface area contributed by atoms with Crippen molar-refractivity contribution in [1.29, 1.82) is 0 Å². The van der Waals surface area contributed by atoms with E-state index >= 15 is 0 Å². The van der Waals surface area contributed by atoms with Crippen molar-refractivity contribution in [2.45, 2.75) is 33.2 Å². The number of rotatable bonds is 3. The lowest BCUT2D eigenvalue weighted by Crippen LogP contribution is -2.29. The molecule has 0 fully saturated rings. The third-order valence-electron chi connectivity index (χ3n) is 2.35. The SMILES string of the molecule is C#CC(C)(C)Nc1cc(C)nc(C)c1C(=O)O. The molecule has 0 amide bonds. The van der Waals surface area contributed by atoms with Crippen LogP contribution in [0.1, 0.15) is 35.6 Å². The van der Waals surface area contributed by atoms with Gasteiger partial charge < -0.3 is 10.4 Å². The molecule has 1 heterocycles. The van der Waals surface area contributed by atoms with Crippen LogP contribution in [0.25, 0.3) is 0 Å².